The van der Waals surface area contributed by atoms with E-state index >= 15 is 0 Å². The van der Waals surface area contributed by atoms with Gasteiger partial charge in [-0.25, -0.2) is 4.39 Å². The summed E-state index contributed by atoms with van der Waals surface area (Å²) in [6.45, 7) is 7.62. The maximum Gasteiger partial charge on any atom is 0.261 e. The fourth-order valence-electron chi connectivity index (χ4n) is 3.90. The highest BCUT2D eigenvalue weighted by Crippen LogP contribution is 2.20. The molecule has 0 saturated heterocycles. The summed E-state index contributed by atoms with van der Waals surface area (Å²) in [4.78, 5) is 28.4. The van der Waals surface area contributed by atoms with E-state index in [0.29, 0.717) is 12.2 Å². The first kappa shape index (κ1) is 25.9. The maximum absolute atomic E-state index is 13.5. The molecule has 1 atom stereocenters. The van der Waals surface area contributed by atoms with E-state index in [4.69, 9.17) is 4.74 Å². The van der Waals surface area contributed by atoms with E-state index in [2.05, 4.69) is 5.32 Å². The summed E-state index contributed by atoms with van der Waals surface area (Å²) < 4.78 is 19.4. The third-order valence-electron chi connectivity index (χ3n) is 5.65. The molecule has 184 valence electrons. The molecule has 0 aliphatic carbocycles. The van der Waals surface area contributed by atoms with Crippen molar-refractivity contribution in [1.29, 1.82) is 0 Å². The molecule has 1 unspecified atom stereocenters. The van der Waals surface area contributed by atoms with Gasteiger partial charge in [-0.15, -0.1) is 0 Å². The summed E-state index contributed by atoms with van der Waals surface area (Å²) in [5.74, 6) is -0.305. The Labute approximate surface area is 206 Å². The van der Waals surface area contributed by atoms with Gasteiger partial charge in [0.15, 0.2) is 6.61 Å². The second kappa shape index (κ2) is 12.2. The Morgan fingerprint density at radius 2 is 1.63 bits per heavy atom. The molecule has 5 nitrogen and oxygen atoms in total. The minimum absolute atomic E-state index is 0.0880. The van der Waals surface area contributed by atoms with E-state index in [9.17, 15) is 14.0 Å². The summed E-state index contributed by atoms with van der Waals surface area (Å²) >= 11 is 0. The number of carbonyl (C=O) groups is 2. The van der Waals surface area contributed by atoms with Gasteiger partial charge < -0.3 is 15.0 Å². The molecule has 0 spiro atoms. The van der Waals surface area contributed by atoms with Crippen LogP contribution in [0.1, 0.15) is 36.1 Å². The van der Waals surface area contributed by atoms with Crippen molar-refractivity contribution in [2.75, 3.05) is 6.61 Å². The van der Waals surface area contributed by atoms with Crippen LogP contribution >= 0.6 is 0 Å². The normalized spacial score (nSPS) is 11.7. The van der Waals surface area contributed by atoms with Crippen LogP contribution in [0.5, 0.6) is 5.75 Å². The Bertz CT molecular complexity index is 1130. The highest BCUT2D eigenvalue weighted by molar-refractivity contribution is 5.88. The summed E-state index contributed by atoms with van der Waals surface area (Å²) in [6.07, 6.45) is 0.343. The third kappa shape index (κ3) is 7.67. The van der Waals surface area contributed by atoms with Crippen molar-refractivity contribution in [2.24, 2.45) is 0 Å². The van der Waals surface area contributed by atoms with Crippen molar-refractivity contribution in [2.45, 2.75) is 52.7 Å². The zero-order valence-electron chi connectivity index (χ0n) is 20.8. The zero-order chi connectivity index (χ0) is 25.4. The lowest BCUT2D eigenvalue weighted by molar-refractivity contribution is -0.143. The van der Waals surface area contributed by atoms with Crippen LogP contribution in [0, 0.1) is 19.7 Å². The average Bonchev–Trinajstić information content (AvgIpc) is 2.82. The molecule has 3 aromatic rings. The zero-order valence-corrected chi connectivity index (χ0v) is 20.8. The van der Waals surface area contributed by atoms with Crippen LogP contribution in [0.3, 0.4) is 0 Å². The molecule has 2 amide bonds. The Hall–Kier alpha value is -3.67. The third-order valence-corrected chi connectivity index (χ3v) is 5.65. The quantitative estimate of drug-likeness (QED) is 0.449. The molecule has 3 rings (SSSR count). The van der Waals surface area contributed by atoms with Gasteiger partial charge in [-0.3, -0.25) is 9.59 Å². The van der Waals surface area contributed by atoms with E-state index in [-0.39, 0.29) is 36.8 Å². The van der Waals surface area contributed by atoms with Crippen LogP contribution < -0.4 is 10.1 Å². The molecule has 0 aliphatic heterocycles. The van der Waals surface area contributed by atoms with Crippen LogP contribution in [0.4, 0.5) is 4.39 Å². The molecule has 0 aromatic heterocycles. The fraction of sp³-hybridized carbons (Fsp3) is 0.310. The molecular weight excluding hydrogens is 443 g/mol. The number of rotatable bonds is 10. The van der Waals surface area contributed by atoms with Gasteiger partial charge in [0.1, 0.15) is 17.6 Å². The van der Waals surface area contributed by atoms with Gasteiger partial charge in [-0.05, 0) is 62.6 Å². The second-order valence-electron chi connectivity index (χ2n) is 9.07. The van der Waals surface area contributed by atoms with E-state index in [1.54, 1.807) is 12.1 Å². The summed E-state index contributed by atoms with van der Waals surface area (Å²) in [6, 6.07) is 20.4. The van der Waals surface area contributed by atoms with Crippen LogP contribution in [0.15, 0.2) is 72.8 Å². The summed E-state index contributed by atoms with van der Waals surface area (Å²) in [5, 5.41) is 2.95. The number of nitrogens with one attached hydrogen (secondary N) is 1. The molecule has 1 N–H and O–H groups in total. The predicted molar refractivity (Wildman–Crippen MR) is 136 cm³/mol. The van der Waals surface area contributed by atoms with Crippen molar-refractivity contribution in [3.63, 3.8) is 0 Å². The van der Waals surface area contributed by atoms with Crippen molar-refractivity contribution < 1.29 is 18.7 Å². The minimum atomic E-state index is -0.764. The monoisotopic (exact) mass is 476 g/mol. The Morgan fingerprint density at radius 3 is 2.26 bits per heavy atom. The van der Waals surface area contributed by atoms with Gasteiger partial charge in [-0.2, -0.15) is 0 Å². The number of hydrogen-bond donors (Lipinski definition) is 1. The molecule has 3 aromatic carbocycles. The molecule has 6 heteroatoms. The van der Waals surface area contributed by atoms with Gasteiger partial charge in [0.2, 0.25) is 5.91 Å². The number of halogens is 1. The van der Waals surface area contributed by atoms with Crippen molar-refractivity contribution in [3.05, 3.63) is 101 Å². The van der Waals surface area contributed by atoms with E-state index < -0.39 is 6.04 Å². The number of ether oxygens (including phenoxy) is 1. The topological polar surface area (TPSA) is 58.6 Å². The lowest BCUT2D eigenvalue weighted by Crippen LogP contribution is -2.52. The highest BCUT2D eigenvalue weighted by Gasteiger charge is 2.31. The predicted octanol–water partition coefficient (Wildman–Crippen LogP) is 4.99. The first-order valence-electron chi connectivity index (χ1n) is 11.8. The van der Waals surface area contributed by atoms with Crippen molar-refractivity contribution in [1.82, 2.24) is 10.2 Å². The van der Waals surface area contributed by atoms with E-state index in [1.807, 2.05) is 76.2 Å². The number of hydrogen-bond acceptors (Lipinski definition) is 3. The molecule has 0 bridgehead atoms. The van der Waals surface area contributed by atoms with Gasteiger partial charge in [0.25, 0.3) is 5.91 Å². The van der Waals surface area contributed by atoms with Gasteiger partial charge in [0, 0.05) is 19.0 Å². The molecule has 0 saturated carbocycles. The van der Waals surface area contributed by atoms with E-state index in [0.717, 1.165) is 22.3 Å². The van der Waals surface area contributed by atoms with Gasteiger partial charge in [0.05, 0.1) is 0 Å². The lowest BCUT2D eigenvalue weighted by atomic mass is 10.0. The SMILES string of the molecule is Cc1ccc(OCC(=O)N(Cc2ccc(F)cc2)C(Cc2ccccc2)C(=O)NC(C)C)c(C)c1. The van der Waals surface area contributed by atoms with Crippen LogP contribution in [-0.2, 0) is 22.6 Å². The first-order chi connectivity index (χ1) is 16.7. The largest absolute Gasteiger partial charge is 0.483 e. The fourth-order valence-corrected chi connectivity index (χ4v) is 3.90. The number of carbonyl (C=O) groups excluding carboxylic acids is 2. The van der Waals surface area contributed by atoms with Crippen LogP contribution in [0.25, 0.3) is 0 Å². The minimum Gasteiger partial charge on any atom is -0.483 e. The molecule has 35 heavy (non-hydrogen) atoms. The second-order valence-corrected chi connectivity index (χ2v) is 9.07. The number of aryl methyl sites for hydroxylation is 2. The lowest BCUT2D eigenvalue weighted by Gasteiger charge is -2.32. The molecule has 0 heterocycles. The van der Waals surface area contributed by atoms with Crippen LogP contribution in [0.2, 0.25) is 0 Å². The van der Waals surface area contributed by atoms with Crippen molar-refractivity contribution >= 4 is 11.8 Å². The average molecular weight is 477 g/mol. The Kier molecular flexibility index (Phi) is 9.01. The molecule has 0 radical (unpaired) electrons. The van der Waals surface area contributed by atoms with Gasteiger partial charge >= 0.3 is 0 Å². The molecular formula is C29H33FN2O3. The maximum atomic E-state index is 13.5. The number of benzene rings is 3. The Morgan fingerprint density at radius 1 is 0.943 bits per heavy atom. The Balaban J connectivity index is 1.91. The molecule has 0 fully saturated rings. The first-order valence-corrected chi connectivity index (χ1v) is 11.8. The highest BCUT2D eigenvalue weighted by atomic mass is 19.1. The summed E-state index contributed by atoms with van der Waals surface area (Å²) in [7, 11) is 0. The van der Waals surface area contributed by atoms with Gasteiger partial charge in [-0.1, -0.05) is 60.2 Å². The molecule has 0 aliphatic rings. The smallest absolute Gasteiger partial charge is 0.261 e. The van der Waals surface area contributed by atoms with Crippen molar-refractivity contribution in [3.8, 4) is 5.75 Å². The number of nitrogens with zero attached hydrogens (tertiary/aromatic N) is 1. The van der Waals surface area contributed by atoms with E-state index in [1.165, 1.54) is 17.0 Å². The summed E-state index contributed by atoms with van der Waals surface area (Å²) in [5.41, 5.74) is 3.69. The standard InChI is InChI=1S/C29H33FN2O3/c1-20(2)31-29(34)26(17-23-8-6-5-7-9-23)32(18-24-11-13-25(30)14-12-24)28(33)19-35-27-15-10-21(3)16-22(27)4/h5-16,20,26H,17-19H2,1-4H3,(H,31,34). The number of amides is 2. The van der Waals surface area contributed by atoms with Crippen LogP contribution in [-0.4, -0.2) is 35.4 Å².